The number of aliphatic hydroxyl groups excluding tert-OH is 1. The number of hydrogen-bond acceptors (Lipinski definition) is 6. The number of rotatable bonds is 10. The number of amides is 1. The number of hydrogen-bond donors (Lipinski definition) is 1. The number of carbonyl (C=O) groups excluding carboxylic acids is 1. The average molecular weight is 560 g/mol. The molecule has 0 aliphatic heterocycles. The summed E-state index contributed by atoms with van der Waals surface area (Å²) >= 11 is 0. The normalized spacial score (nSPS) is 24.7. The predicted octanol–water partition coefficient (Wildman–Crippen LogP) is 7.36. The molecule has 0 spiro atoms. The molecule has 2 aromatic rings. The monoisotopic (exact) mass is 559 g/mol. The lowest BCUT2D eigenvalue weighted by Gasteiger charge is -2.35. The molecule has 0 bridgehead atoms. The first kappa shape index (κ1) is 29.3. The zero-order valence-corrected chi connectivity index (χ0v) is 24.8. The van der Waals surface area contributed by atoms with Gasteiger partial charge in [0.15, 0.2) is 5.89 Å². The van der Waals surface area contributed by atoms with E-state index in [9.17, 15) is 9.90 Å². The Balaban J connectivity index is 1.29. The van der Waals surface area contributed by atoms with Crippen molar-refractivity contribution in [3.05, 3.63) is 66.1 Å². The molecule has 7 heteroatoms. The number of pyridine rings is 1. The summed E-state index contributed by atoms with van der Waals surface area (Å²) in [6.45, 7) is 9.09. The molecule has 0 radical (unpaired) electrons. The zero-order chi connectivity index (χ0) is 28.9. The summed E-state index contributed by atoms with van der Waals surface area (Å²) in [5.41, 5.74) is 3.99. The quantitative estimate of drug-likeness (QED) is 0.242. The van der Waals surface area contributed by atoms with E-state index in [2.05, 4.69) is 17.6 Å². The topological polar surface area (TPSA) is 88.7 Å². The van der Waals surface area contributed by atoms with Crippen molar-refractivity contribution >= 4 is 11.7 Å². The van der Waals surface area contributed by atoms with Crippen LogP contribution in [-0.4, -0.2) is 40.7 Å². The minimum Gasteiger partial charge on any atom is -0.497 e. The van der Waals surface area contributed by atoms with Crippen LogP contribution in [-0.2, 0) is 9.53 Å². The number of nitrogens with zero attached hydrogens (tertiary/aromatic N) is 3. The highest BCUT2D eigenvalue weighted by molar-refractivity contribution is 5.94. The van der Waals surface area contributed by atoms with Crippen LogP contribution in [0.15, 0.2) is 64.6 Å². The molecule has 0 atom stereocenters. The van der Waals surface area contributed by atoms with Gasteiger partial charge >= 0.3 is 0 Å². The third-order valence-electron chi connectivity index (χ3n) is 9.05. The molecule has 7 nitrogen and oxygen atoms in total. The van der Waals surface area contributed by atoms with Gasteiger partial charge in [0.2, 0.25) is 5.91 Å². The van der Waals surface area contributed by atoms with E-state index in [1.807, 2.05) is 37.0 Å². The second-order valence-electron chi connectivity index (χ2n) is 12.4. The standard InChI is InChI=1S/C34H45N3O4/c1-22(2)31(40-4)16-5-23(3)25-8-6-24(7-9-25)20-37(34(39)27-12-14-29(38)15-13-27)32-19-28(17-18-35-32)30-21-41-33(36-30)26-10-11-26/h5,16-19,21,24-27,29,38H,3,6-15,20H2,1-2,4H3/b16-5-. The molecule has 220 valence electrons. The number of methoxy groups -OCH3 is 1. The van der Waals surface area contributed by atoms with Crippen LogP contribution in [0.5, 0.6) is 0 Å². The van der Waals surface area contributed by atoms with E-state index in [1.165, 1.54) is 0 Å². The van der Waals surface area contributed by atoms with Crippen molar-refractivity contribution < 1.29 is 19.1 Å². The lowest BCUT2D eigenvalue weighted by atomic mass is 9.78. The fourth-order valence-electron chi connectivity index (χ4n) is 6.23. The molecule has 3 saturated carbocycles. The maximum atomic E-state index is 14.0. The van der Waals surface area contributed by atoms with Gasteiger partial charge in [-0.15, -0.1) is 0 Å². The van der Waals surface area contributed by atoms with Gasteiger partial charge in [-0.2, -0.15) is 0 Å². The molecule has 3 fully saturated rings. The number of ether oxygens (including phenoxy) is 1. The van der Waals surface area contributed by atoms with Crippen molar-refractivity contribution in [1.82, 2.24) is 9.97 Å². The zero-order valence-electron chi connectivity index (χ0n) is 24.8. The van der Waals surface area contributed by atoms with Gasteiger partial charge in [0.05, 0.1) is 13.2 Å². The first-order valence-corrected chi connectivity index (χ1v) is 15.3. The molecule has 3 aliphatic carbocycles. The van der Waals surface area contributed by atoms with Gasteiger partial charge in [-0.1, -0.05) is 18.2 Å². The van der Waals surface area contributed by atoms with E-state index in [0.717, 1.165) is 85.4 Å². The van der Waals surface area contributed by atoms with Crippen molar-refractivity contribution in [2.45, 2.75) is 90.1 Å². The van der Waals surface area contributed by atoms with E-state index < -0.39 is 0 Å². The van der Waals surface area contributed by atoms with Crippen LogP contribution < -0.4 is 4.90 Å². The second kappa shape index (κ2) is 13.2. The minimum atomic E-state index is -0.295. The lowest BCUT2D eigenvalue weighted by molar-refractivity contribution is -0.124. The Hall–Kier alpha value is -3.19. The van der Waals surface area contributed by atoms with E-state index in [4.69, 9.17) is 14.1 Å². The Kier molecular flexibility index (Phi) is 9.43. The summed E-state index contributed by atoms with van der Waals surface area (Å²) in [5, 5.41) is 10.0. The van der Waals surface area contributed by atoms with Gasteiger partial charge in [-0.3, -0.25) is 9.69 Å². The van der Waals surface area contributed by atoms with Crippen molar-refractivity contribution in [2.24, 2.45) is 17.8 Å². The number of oxazole rings is 1. The number of aliphatic hydroxyl groups is 1. The van der Waals surface area contributed by atoms with Crippen LogP contribution >= 0.6 is 0 Å². The fraction of sp³-hybridized carbons (Fsp3) is 0.559. The van der Waals surface area contributed by atoms with Crippen molar-refractivity contribution in [1.29, 1.82) is 0 Å². The summed E-state index contributed by atoms with van der Waals surface area (Å²) in [7, 11) is 1.70. The molecular formula is C34H45N3O4. The van der Waals surface area contributed by atoms with E-state index in [1.54, 1.807) is 19.6 Å². The smallest absolute Gasteiger partial charge is 0.231 e. The number of anilines is 1. The van der Waals surface area contributed by atoms with Gasteiger partial charge in [0.1, 0.15) is 23.5 Å². The molecule has 2 aromatic heterocycles. The van der Waals surface area contributed by atoms with Crippen molar-refractivity contribution in [2.75, 3.05) is 18.6 Å². The number of carbonyl (C=O) groups is 1. The van der Waals surface area contributed by atoms with Crippen molar-refractivity contribution in [3.8, 4) is 11.3 Å². The number of allylic oxidation sites excluding steroid dienone is 4. The van der Waals surface area contributed by atoms with Gasteiger partial charge in [0.25, 0.3) is 0 Å². The maximum absolute atomic E-state index is 14.0. The van der Waals surface area contributed by atoms with Gasteiger partial charge in [-0.05, 0) is 114 Å². The van der Waals surface area contributed by atoms with Crippen LogP contribution in [0.3, 0.4) is 0 Å². The summed E-state index contributed by atoms with van der Waals surface area (Å²) in [5.74, 6) is 3.70. The van der Waals surface area contributed by atoms with Gasteiger partial charge in [-0.25, -0.2) is 9.97 Å². The predicted molar refractivity (Wildman–Crippen MR) is 161 cm³/mol. The van der Waals surface area contributed by atoms with Gasteiger partial charge < -0.3 is 14.3 Å². The molecule has 1 N–H and O–H groups in total. The lowest BCUT2D eigenvalue weighted by Crippen LogP contribution is -2.42. The molecule has 2 heterocycles. The minimum absolute atomic E-state index is 0.0799. The third kappa shape index (κ3) is 7.37. The Bertz CT molecular complexity index is 1270. The molecule has 41 heavy (non-hydrogen) atoms. The van der Waals surface area contributed by atoms with E-state index in [0.29, 0.717) is 43.0 Å². The summed E-state index contributed by atoms with van der Waals surface area (Å²) < 4.78 is 11.2. The maximum Gasteiger partial charge on any atom is 0.231 e. The Morgan fingerprint density at radius 2 is 1.78 bits per heavy atom. The van der Waals surface area contributed by atoms with Gasteiger partial charge in [0, 0.05) is 30.1 Å². The SMILES string of the molecule is C=C(/C=C\C(OC)=C(C)C)C1CCC(CN(C(=O)C2CCC(O)CC2)c2cc(-c3coc(C4CC4)n3)ccn2)CC1. The molecule has 0 saturated heterocycles. The molecular weight excluding hydrogens is 514 g/mol. The Labute approximate surface area is 244 Å². The number of aromatic nitrogens is 2. The molecule has 0 unspecified atom stereocenters. The van der Waals surface area contributed by atoms with E-state index >= 15 is 0 Å². The third-order valence-corrected chi connectivity index (χ3v) is 9.05. The molecule has 3 aliphatic rings. The van der Waals surface area contributed by atoms with Crippen LogP contribution in [0.1, 0.15) is 89.9 Å². The molecule has 5 rings (SSSR count). The van der Waals surface area contributed by atoms with Crippen LogP contribution in [0.2, 0.25) is 0 Å². The highest BCUT2D eigenvalue weighted by Crippen LogP contribution is 2.40. The van der Waals surface area contributed by atoms with Crippen LogP contribution in [0, 0.1) is 17.8 Å². The Morgan fingerprint density at radius 1 is 1.07 bits per heavy atom. The van der Waals surface area contributed by atoms with Crippen molar-refractivity contribution in [3.63, 3.8) is 0 Å². The van der Waals surface area contributed by atoms with Crippen LogP contribution in [0.4, 0.5) is 5.82 Å². The highest BCUT2D eigenvalue weighted by atomic mass is 16.5. The first-order valence-electron chi connectivity index (χ1n) is 15.3. The first-order chi connectivity index (χ1) is 19.8. The van der Waals surface area contributed by atoms with E-state index in [-0.39, 0.29) is 17.9 Å². The second-order valence-corrected chi connectivity index (χ2v) is 12.4. The molecule has 0 aromatic carbocycles. The summed E-state index contributed by atoms with van der Waals surface area (Å²) in [6, 6.07) is 3.92. The van der Waals surface area contributed by atoms with Crippen LogP contribution in [0.25, 0.3) is 11.3 Å². The average Bonchev–Trinajstić information content (AvgIpc) is 3.72. The highest BCUT2D eigenvalue weighted by Gasteiger charge is 2.33. The summed E-state index contributed by atoms with van der Waals surface area (Å²) in [4.78, 5) is 25.3. The largest absolute Gasteiger partial charge is 0.497 e. The fourth-order valence-corrected chi connectivity index (χ4v) is 6.23. The molecule has 1 amide bonds. The summed E-state index contributed by atoms with van der Waals surface area (Å²) in [6.07, 6.45) is 16.6. The Morgan fingerprint density at radius 3 is 2.44 bits per heavy atom.